The van der Waals surface area contributed by atoms with Crippen molar-refractivity contribution >= 4 is 11.9 Å². The fourth-order valence-electron chi connectivity index (χ4n) is 4.72. The molecule has 1 aliphatic heterocycles. The maximum Gasteiger partial charge on any atom is 0.223 e. The van der Waals surface area contributed by atoms with E-state index >= 15 is 0 Å². The number of nitrogens with one attached hydrogen (secondary N) is 3. The summed E-state index contributed by atoms with van der Waals surface area (Å²) >= 11 is 0. The Morgan fingerprint density at radius 3 is 2.70 bits per heavy atom. The van der Waals surface area contributed by atoms with Crippen molar-refractivity contribution in [1.29, 1.82) is 0 Å². The lowest BCUT2D eigenvalue weighted by Crippen LogP contribution is -2.50. The number of nitrogens with zero attached hydrogens (tertiary/aromatic N) is 2. The molecule has 1 heterocycles. The minimum Gasteiger partial charge on any atom is -0.355 e. The van der Waals surface area contributed by atoms with Crippen molar-refractivity contribution < 1.29 is 4.79 Å². The highest BCUT2D eigenvalue weighted by molar-refractivity contribution is 5.81. The first-order valence-electron chi connectivity index (χ1n) is 11.6. The molecule has 3 atom stereocenters. The number of hydrogen-bond acceptors (Lipinski definition) is 3. The normalized spacial score (nSPS) is 25.3. The first-order chi connectivity index (χ1) is 14.5. The minimum absolute atomic E-state index is 0.105. The number of likely N-dealkylation sites (tertiary alicyclic amines) is 1. The standard InChI is InChI=1S/C24H39N5O/c1-18(2)27-23(30)20-11-7-12-21(15-20)28-24(25-3)26-16-22-13-8-14-29(22)17-19-9-5-4-6-10-19/h4-6,9-10,18,20-22H,7-8,11-17H2,1-3H3,(H,27,30)(H2,25,26,28). The Morgan fingerprint density at radius 2 is 1.97 bits per heavy atom. The molecule has 1 saturated heterocycles. The number of amides is 1. The maximum absolute atomic E-state index is 12.4. The van der Waals surface area contributed by atoms with E-state index in [2.05, 4.69) is 56.2 Å². The molecule has 0 radical (unpaired) electrons. The molecule has 0 spiro atoms. The molecule has 1 aromatic rings. The zero-order valence-electron chi connectivity index (χ0n) is 18.9. The van der Waals surface area contributed by atoms with Crippen LogP contribution in [0.15, 0.2) is 35.3 Å². The highest BCUT2D eigenvalue weighted by Crippen LogP contribution is 2.25. The third-order valence-corrected chi connectivity index (χ3v) is 6.27. The monoisotopic (exact) mass is 413 g/mol. The average molecular weight is 414 g/mol. The van der Waals surface area contributed by atoms with Crippen LogP contribution in [0.1, 0.15) is 57.9 Å². The predicted molar refractivity (Wildman–Crippen MR) is 123 cm³/mol. The summed E-state index contributed by atoms with van der Waals surface area (Å²) in [5.74, 6) is 1.16. The highest BCUT2D eigenvalue weighted by atomic mass is 16.1. The lowest BCUT2D eigenvalue weighted by molar-refractivity contribution is -0.126. The van der Waals surface area contributed by atoms with Crippen LogP contribution >= 0.6 is 0 Å². The van der Waals surface area contributed by atoms with Gasteiger partial charge in [-0.1, -0.05) is 36.8 Å². The van der Waals surface area contributed by atoms with Crippen molar-refractivity contribution in [2.24, 2.45) is 10.9 Å². The minimum atomic E-state index is 0.105. The lowest BCUT2D eigenvalue weighted by atomic mass is 9.85. The Balaban J connectivity index is 1.46. The van der Waals surface area contributed by atoms with Gasteiger partial charge in [-0.15, -0.1) is 0 Å². The Kier molecular flexibility index (Phi) is 8.55. The largest absolute Gasteiger partial charge is 0.355 e. The second-order valence-electron chi connectivity index (χ2n) is 9.07. The lowest BCUT2D eigenvalue weighted by Gasteiger charge is -2.31. The molecule has 0 bridgehead atoms. The van der Waals surface area contributed by atoms with Gasteiger partial charge in [0.1, 0.15) is 0 Å². The van der Waals surface area contributed by atoms with Crippen LogP contribution in [-0.2, 0) is 11.3 Å². The van der Waals surface area contributed by atoms with Crippen LogP contribution < -0.4 is 16.0 Å². The summed E-state index contributed by atoms with van der Waals surface area (Å²) < 4.78 is 0. The summed E-state index contributed by atoms with van der Waals surface area (Å²) in [6.45, 7) is 7.10. The molecule has 2 fully saturated rings. The number of aliphatic imine (C=N–C) groups is 1. The number of carbonyl (C=O) groups excluding carboxylic acids is 1. The Labute approximate surface area is 181 Å². The summed E-state index contributed by atoms with van der Waals surface area (Å²) in [5, 5.41) is 10.2. The van der Waals surface area contributed by atoms with Gasteiger partial charge in [0, 0.05) is 44.2 Å². The quantitative estimate of drug-likeness (QED) is 0.475. The van der Waals surface area contributed by atoms with E-state index in [1.165, 1.54) is 18.4 Å². The first-order valence-corrected chi connectivity index (χ1v) is 11.6. The second-order valence-corrected chi connectivity index (χ2v) is 9.07. The van der Waals surface area contributed by atoms with Gasteiger partial charge in [-0.25, -0.2) is 0 Å². The van der Waals surface area contributed by atoms with Crippen molar-refractivity contribution in [3.05, 3.63) is 35.9 Å². The van der Waals surface area contributed by atoms with E-state index < -0.39 is 0 Å². The fraction of sp³-hybridized carbons (Fsp3) is 0.667. The first kappa shape index (κ1) is 22.6. The van der Waals surface area contributed by atoms with E-state index in [9.17, 15) is 4.79 Å². The molecule has 3 rings (SSSR count). The van der Waals surface area contributed by atoms with Crippen LogP contribution in [-0.4, -0.2) is 55.0 Å². The van der Waals surface area contributed by atoms with Crippen LogP contribution in [0.3, 0.4) is 0 Å². The third kappa shape index (κ3) is 6.73. The number of guanidine groups is 1. The summed E-state index contributed by atoms with van der Waals surface area (Å²) in [4.78, 5) is 19.4. The molecule has 6 nitrogen and oxygen atoms in total. The van der Waals surface area contributed by atoms with Gasteiger partial charge in [0.25, 0.3) is 0 Å². The Hall–Kier alpha value is -2.08. The van der Waals surface area contributed by atoms with E-state index in [0.717, 1.165) is 51.3 Å². The number of carbonyl (C=O) groups is 1. The van der Waals surface area contributed by atoms with Crippen LogP contribution in [0.25, 0.3) is 0 Å². The van der Waals surface area contributed by atoms with E-state index in [0.29, 0.717) is 12.1 Å². The molecule has 6 heteroatoms. The Morgan fingerprint density at radius 1 is 1.17 bits per heavy atom. The molecular formula is C24H39N5O. The van der Waals surface area contributed by atoms with E-state index in [4.69, 9.17) is 0 Å². The molecule has 1 saturated carbocycles. The van der Waals surface area contributed by atoms with E-state index in [-0.39, 0.29) is 17.9 Å². The predicted octanol–water partition coefficient (Wildman–Crippen LogP) is 2.90. The zero-order chi connectivity index (χ0) is 21.3. The van der Waals surface area contributed by atoms with Gasteiger partial charge >= 0.3 is 0 Å². The third-order valence-electron chi connectivity index (χ3n) is 6.27. The van der Waals surface area contributed by atoms with Gasteiger partial charge in [0.2, 0.25) is 5.91 Å². The smallest absolute Gasteiger partial charge is 0.223 e. The van der Waals surface area contributed by atoms with Crippen molar-refractivity contribution in [2.75, 3.05) is 20.1 Å². The van der Waals surface area contributed by atoms with Crippen molar-refractivity contribution in [3.63, 3.8) is 0 Å². The van der Waals surface area contributed by atoms with Crippen LogP contribution in [0, 0.1) is 5.92 Å². The van der Waals surface area contributed by atoms with Crippen LogP contribution in [0.4, 0.5) is 0 Å². The zero-order valence-corrected chi connectivity index (χ0v) is 18.9. The van der Waals surface area contributed by atoms with Gasteiger partial charge in [0.05, 0.1) is 0 Å². The van der Waals surface area contributed by atoms with Gasteiger partial charge in [-0.2, -0.15) is 0 Å². The molecule has 0 aromatic heterocycles. The summed E-state index contributed by atoms with van der Waals surface area (Å²) in [6, 6.07) is 11.7. The second kappa shape index (κ2) is 11.3. The maximum atomic E-state index is 12.4. The molecule has 1 aliphatic carbocycles. The summed E-state index contributed by atoms with van der Waals surface area (Å²) in [6.07, 6.45) is 6.51. The Bertz CT molecular complexity index is 690. The van der Waals surface area contributed by atoms with Gasteiger partial charge in [-0.3, -0.25) is 14.7 Å². The fourth-order valence-corrected chi connectivity index (χ4v) is 4.72. The van der Waals surface area contributed by atoms with E-state index in [1.807, 2.05) is 20.9 Å². The summed E-state index contributed by atoms with van der Waals surface area (Å²) in [7, 11) is 1.83. The molecular weight excluding hydrogens is 374 g/mol. The van der Waals surface area contributed by atoms with Crippen molar-refractivity contribution in [2.45, 2.75) is 77.0 Å². The summed E-state index contributed by atoms with van der Waals surface area (Å²) in [5.41, 5.74) is 1.37. The molecule has 1 aromatic carbocycles. The average Bonchev–Trinajstić information content (AvgIpc) is 3.18. The molecule has 3 unspecified atom stereocenters. The topological polar surface area (TPSA) is 68.8 Å². The molecule has 30 heavy (non-hydrogen) atoms. The number of benzene rings is 1. The molecule has 1 amide bonds. The molecule has 2 aliphatic rings. The van der Waals surface area contributed by atoms with E-state index in [1.54, 1.807) is 0 Å². The van der Waals surface area contributed by atoms with Gasteiger partial charge in [0.15, 0.2) is 5.96 Å². The van der Waals surface area contributed by atoms with Gasteiger partial charge in [-0.05, 0) is 58.1 Å². The van der Waals surface area contributed by atoms with Crippen molar-refractivity contribution in [1.82, 2.24) is 20.9 Å². The van der Waals surface area contributed by atoms with Gasteiger partial charge < -0.3 is 16.0 Å². The highest BCUT2D eigenvalue weighted by Gasteiger charge is 2.29. The molecule has 166 valence electrons. The number of hydrogen-bond donors (Lipinski definition) is 3. The number of rotatable bonds is 7. The molecule has 3 N–H and O–H groups in total. The van der Waals surface area contributed by atoms with Crippen molar-refractivity contribution in [3.8, 4) is 0 Å². The SMILES string of the molecule is CN=C(NCC1CCCN1Cc1ccccc1)NC1CCCC(C(=O)NC(C)C)C1. The van der Waals surface area contributed by atoms with Crippen LogP contribution in [0.2, 0.25) is 0 Å². The van der Waals surface area contributed by atoms with Crippen LogP contribution in [0.5, 0.6) is 0 Å².